The normalized spacial score (nSPS) is 10.3. The molecule has 0 saturated heterocycles. The molecule has 0 atom stereocenters. The first-order valence-electron chi connectivity index (χ1n) is 3.74. The van der Waals surface area contributed by atoms with E-state index in [0.717, 1.165) is 6.07 Å². The zero-order valence-electron chi connectivity index (χ0n) is 7.30. The van der Waals surface area contributed by atoms with Gasteiger partial charge in [0.25, 0.3) is 0 Å². The van der Waals surface area contributed by atoms with Crippen LogP contribution < -0.4 is 5.73 Å². The van der Waals surface area contributed by atoms with Crippen LogP contribution in [0.5, 0.6) is 0 Å². The Morgan fingerprint density at radius 1 is 1.40 bits per heavy atom. The molecule has 15 heavy (non-hydrogen) atoms. The highest BCUT2D eigenvalue weighted by atomic mass is 19.4. The van der Waals surface area contributed by atoms with Crippen molar-refractivity contribution in [3.05, 3.63) is 23.4 Å². The van der Waals surface area contributed by atoms with Crippen molar-refractivity contribution in [2.45, 2.75) is 6.18 Å². The largest absolute Gasteiger partial charge is 0.434 e. The van der Waals surface area contributed by atoms with E-state index in [1.165, 1.54) is 6.07 Å². The molecule has 0 amide bonds. The van der Waals surface area contributed by atoms with Crippen molar-refractivity contribution in [3.63, 3.8) is 0 Å². The van der Waals surface area contributed by atoms with Gasteiger partial charge in [0.05, 0.1) is 5.56 Å². The lowest BCUT2D eigenvalue weighted by molar-refractivity contribution is -0.141. The van der Waals surface area contributed by atoms with Gasteiger partial charge in [-0.1, -0.05) is 5.92 Å². The van der Waals surface area contributed by atoms with Gasteiger partial charge >= 0.3 is 6.18 Å². The minimum absolute atomic E-state index is 0.205. The molecule has 2 N–H and O–H groups in total. The lowest BCUT2D eigenvalue weighted by atomic mass is 10.2. The number of carbonyl (C=O) groups is 1. The van der Waals surface area contributed by atoms with Crippen molar-refractivity contribution >= 4 is 12.1 Å². The van der Waals surface area contributed by atoms with Gasteiger partial charge in [0.2, 0.25) is 0 Å². The molecular formula is C9H5F3N2O. The van der Waals surface area contributed by atoms with Gasteiger partial charge < -0.3 is 5.73 Å². The summed E-state index contributed by atoms with van der Waals surface area (Å²) in [6.07, 6.45) is -4.43. The lowest BCUT2D eigenvalue weighted by Crippen LogP contribution is -2.12. The Morgan fingerprint density at radius 3 is 2.60 bits per heavy atom. The van der Waals surface area contributed by atoms with E-state index in [2.05, 4.69) is 4.98 Å². The molecule has 0 fully saturated rings. The number of hydrogen-bond acceptors (Lipinski definition) is 3. The summed E-state index contributed by atoms with van der Waals surface area (Å²) < 4.78 is 37.1. The monoisotopic (exact) mass is 214 g/mol. The van der Waals surface area contributed by atoms with Crippen molar-refractivity contribution in [1.29, 1.82) is 0 Å². The number of halogens is 3. The fourth-order valence-corrected chi connectivity index (χ4v) is 0.898. The van der Waals surface area contributed by atoms with Crippen molar-refractivity contribution in [2.24, 2.45) is 0 Å². The molecule has 1 aromatic heterocycles. The van der Waals surface area contributed by atoms with Gasteiger partial charge in [0.1, 0.15) is 5.82 Å². The number of aldehydes is 1. The molecule has 0 bridgehead atoms. The summed E-state index contributed by atoms with van der Waals surface area (Å²) in [7, 11) is 0. The molecular weight excluding hydrogens is 209 g/mol. The van der Waals surface area contributed by atoms with Crippen LogP contribution in [-0.4, -0.2) is 11.3 Å². The summed E-state index contributed by atoms with van der Waals surface area (Å²) in [5, 5.41) is 0. The van der Waals surface area contributed by atoms with Crippen molar-refractivity contribution in [3.8, 4) is 11.8 Å². The zero-order chi connectivity index (χ0) is 11.5. The second kappa shape index (κ2) is 4.00. The maximum absolute atomic E-state index is 12.4. The van der Waals surface area contributed by atoms with Crippen LogP contribution >= 0.6 is 0 Å². The van der Waals surface area contributed by atoms with Crippen molar-refractivity contribution < 1.29 is 18.0 Å². The Hall–Kier alpha value is -2.03. The molecule has 78 valence electrons. The van der Waals surface area contributed by atoms with Crippen LogP contribution in [0.4, 0.5) is 19.0 Å². The summed E-state index contributed by atoms with van der Waals surface area (Å²) >= 11 is 0. The number of aromatic nitrogens is 1. The molecule has 1 heterocycles. The van der Waals surface area contributed by atoms with E-state index in [0.29, 0.717) is 0 Å². The number of pyridine rings is 1. The van der Waals surface area contributed by atoms with E-state index in [1.807, 2.05) is 11.8 Å². The van der Waals surface area contributed by atoms with E-state index >= 15 is 0 Å². The molecule has 0 aliphatic heterocycles. The van der Waals surface area contributed by atoms with Crippen molar-refractivity contribution in [2.75, 3.05) is 5.73 Å². The fourth-order valence-electron chi connectivity index (χ4n) is 0.898. The molecule has 0 saturated carbocycles. The van der Waals surface area contributed by atoms with Crippen LogP contribution in [0.1, 0.15) is 11.3 Å². The predicted octanol–water partition coefficient (Wildman–Crippen LogP) is 1.23. The Kier molecular flexibility index (Phi) is 2.95. The van der Waals surface area contributed by atoms with Crippen LogP contribution in [-0.2, 0) is 11.0 Å². The van der Waals surface area contributed by atoms with Crippen molar-refractivity contribution in [1.82, 2.24) is 4.98 Å². The van der Waals surface area contributed by atoms with Gasteiger partial charge in [-0.05, 0) is 18.1 Å². The molecule has 0 unspecified atom stereocenters. The first kappa shape index (κ1) is 11.0. The van der Waals surface area contributed by atoms with E-state index in [1.54, 1.807) is 0 Å². The number of rotatable bonds is 0. The number of nitrogens with two attached hydrogens (primary N) is 1. The Bertz CT molecular complexity index is 443. The number of alkyl halides is 3. The minimum Gasteiger partial charge on any atom is -0.384 e. The Labute approximate surface area is 83.1 Å². The van der Waals surface area contributed by atoms with Gasteiger partial charge in [0.15, 0.2) is 12.0 Å². The summed E-state index contributed by atoms with van der Waals surface area (Å²) in [6, 6.07) is 2.26. The number of carbonyl (C=O) groups excluding carboxylic acids is 1. The molecule has 0 aliphatic carbocycles. The number of nitrogen functional groups attached to an aromatic ring is 1. The molecule has 0 aliphatic rings. The summed E-state index contributed by atoms with van der Waals surface area (Å²) in [6.45, 7) is 0. The number of anilines is 1. The highest BCUT2D eigenvalue weighted by Crippen LogP contribution is 2.30. The van der Waals surface area contributed by atoms with Gasteiger partial charge in [-0.25, -0.2) is 4.98 Å². The summed E-state index contributed by atoms with van der Waals surface area (Å²) in [4.78, 5) is 13.0. The number of nitrogens with zero attached hydrogens (tertiary/aromatic N) is 1. The molecule has 1 rings (SSSR count). The molecule has 1 aromatic rings. The second-order valence-corrected chi connectivity index (χ2v) is 2.52. The minimum atomic E-state index is -4.64. The third kappa shape index (κ3) is 2.71. The topological polar surface area (TPSA) is 56.0 Å². The maximum atomic E-state index is 12.4. The quantitative estimate of drug-likeness (QED) is 0.522. The Balaban J connectivity index is 3.33. The summed E-state index contributed by atoms with van der Waals surface area (Å²) in [5.74, 6) is 3.67. The van der Waals surface area contributed by atoms with Crippen LogP contribution in [0.2, 0.25) is 0 Å². The average Bonchev–Trinajstić information content (AvgIpc) is 2.14. The second-order valence-electron chi connectivity index (χ2n) is 2.52. The maximum Gasteiger partial charge on any atom is 0.434 e. The first-order chi connectivity index (χ1) is 6.95. The van der Waals surface area contributed by atoms with Crippen LogP contribution in [0.15, 0.2) is 12.1 Å². The molecule has 6 heteroatoms. The molecule has 0 spiro atoms. The Morgan fingerprint density at radius 2 is 2.07 bits per heavy atom. The van der Waals surface area contributed by atoms with E-state index in [4.69, 9.17) is 5.73 Å². The van der Waals surface area contributed by atoms with E-state index < -0.39 is 11.9 Å². The third-order valence-electron chi connectivity index (χ3n) is 1.45. The van der Waals surface area contributed by atoms with Gasteiger partial charge in [-0.15, -0.1) is 0 Å². The SMILES string of the molecule is Nc1ccc(C#CC=O)c(C(F)(F)F)n1. The molecule has 3 nitrogen and oxygen atoms in total. The zero-order valence-corrected chi connectivity index (χ0v) is 7.30. The van der Waals surface area contributed by atoms with Gasteiger partial charge in [0, 0.05) is 0 Å². The van der Waals surface area contributed by atoms with Crippen LogP contribution in [0.3, 0.4) is 0 Å². The smallest absolute Gasteiger partial charge is 0.384 e. The highest BCUT2D eigenvalue weighted by molar-refractivity contribution is 5.74. The summed E-state index contributed by atoms with van der Waals surface area (Å²) in [5.41, 5.74) is 3.57. The predicted molar refractivity (Wildman–Crippen MR) is 46.6 cm³/mol. The third-order valence-corrected chi connectivity index (χ3v) is 1.45. The number of hydrogen-bond donors (Lipinski definition) is 1. The highest BCUT2D eigenvalue weighted by Gasteiger charge is 2.35. The van der Waals surface area contributed by atoms with E-state index in [-0.39, 0.29) is 17.7 Å². The van der Waals surface area contributed by atoms with Gasteiger partial charge in [-0.3, -0.25) is 4.79 Å². The lowest BCUT2D eigenvalue weighted by Gasteiger charge is -2.08. The first-order valence-corrected chi connectivity index (χ1v) is 3.74. The molecule has 0 radical (unpaired) electrons. The molecule has 0 aromatic carbocycles. The van der Waals surface area contributed by atoms with Crippen LogP contribution in [0.25, 0.3) is 0 Å². The standard InChI is InChI=1S/C9H5F3N2O/c10-9(11,12)8-6(2-1-5-15)3-4-7(13)14-8/h3-5H,(H2,13,14). The fraction of sp³-hybridized carbons (Fsp3) is 0.111. The average molecular weight is 214 g/mol. The van der Waals surface area contributed by atoms with E-state index in [9.17, 15) is 18.0 Å². The van der Waals surface area contributed by atoms with Gasteiger partial charge in [-0.2, -0.15) is 13.2 Å². The van der Waals surface area contributed by atoms with Crippen LogP contribution in [0, 0.1) is 11.8 Å².